The van der Waals surface area contributed by atoms with Gasteiger partial charge in [-0.3, -0.25) is 4.79 Å². The minimum atomic E-state index is -0.0859. The molecule has 0 atom stereocenters. The highest BCUT2D eigenvalue weighted by Gasteiger charge is 2.38. The first-order valence-corrected chi connectivity index (χ1v) is 7.21. The van der Waals surface area contributed by atoms with Crippen LogP contribution >= 0.6 is 11.3 Å². The number of hydrogen-bond donors (Lipinski definition) is 3. The van der Waals surface area contributed by atoms with Crippen molar-refractivity contribution in [2.24, 2.45) is 5.92 Å². The van der Waals surface area contributed by atoms with Gasteiger partial charge in [0.05, 0.1) is 10.7 Å². The number of carbonyl (C=O) groups excluding carboxylic acids is 1. The van der Waals surface area contributed by atoms with E-state index in [4.69, 9.17) is 5.73 Å². The highest BCUT2D eigenvalue weighted by molar-refractivity contribution is 7.18. The first-order chi connectivity index (χ1) is 8.44. The van der Waals surface area contributed by atoms with Gasteiger partial charge in [-0.15, -0.1) is 11.3 Å². The number of rotatable bonds is 5. The lowest BCUT2D eigenvalue weighted by Gasteiger charge is -2.26. The molecule has 1 aromatic heterocycles. The van der Waals surface area contributed by atoms with Crippen LogP contribution in [-0.4, -0.2) is 18.0 Å². The number of thiophene rings is 1. The van der Waals surface area contributed by atoms with Gasteiger partial charge < -0.3 is 16.4 Å². The molecule has 0 saturated heterocycles. The van der Waals surface area contributed by atoms with Crippen molar-refractivity contribution >= 4 is 27.9 Å². The molecule has 1 saturated carbocycles. The van der Waals surface area contributed by atoms with E-state index in [1.807, 2.05) is 13.0 Å². The summed E-state index contributed by atoms with van der Waals surface area (Å²) in [6, 6.07) is 1.86. The zero-order valence-electron chi connectivity index (χ0n) is 11.2. The normalized spacial score (nSPS) is 15.5. The van der Waals surface area contributed by atoms with Crippen LogP contribution in [0.25, 0.3) is 0 Å². The monoisotopic (exact) mass is 267 g/mol. The van der Waals surface area contributed by atoms with E-state index in [9.17, 15) is 4.79 Å². The number of nitrogen functional groups attached to an aromatic ring is 1. The van der Waals surface area contributed by atoms with E-state index in [0.717, 1.165) is 10.9 Å². The van der Waals surface area contributed by atoms with E-state index in [0.29, 0.717) is 17.1 Å². The zero-order valence-corrected chi connectivity index (χ0v) is 12.0. The van der Waals surface area contributed by atoms with Crippen molar-refractivity contribution < 1.29 is 4.79 Å². The molecule has 1 heterocycles. The van der Waals surface area contributed by atoms with Crippen molar-refractivity contribution in [1.29, 1.82) is 0 Å². The fourth-order valence-electron chi connectivity index (χ4n) is 2.11. The molecular formula is C13H21N3OS. The third-order valence-corrected chi connectivity index (χ3v) is 4.41. The van der Waals surface area contributed by atoms with Crippen LogP contribution < -0.4 is 16.4 Å². The lowest BCUT2D eigenvalue weighted by molar-refractivity contribution is 0.0960. The standard InChI is InChI=1S/C13H21N3OS/c1-4-15-12(17)11-9(14)7-10(18-11)16-13(2,3)8-5-6-8/h7-8,16H,4-6,14H2,1-3H3,(H,15,17). The van der Waals surface area contributed by atoms with E-state index in [1.165, 1.54) is 24.2 Å². The zero-order chi connectivity index (χ0) is 13.3. The Hall–Kier alpha value is -1.23. The Kier molecular flexibility index (Phi) is 3.52. The molecule has 100 valence electrons. The third kappa shape index (κ3) is 2.77. The van der Waals surface area contributed by atoms with Gasteiger partial charge >= 0.3 is 0 Å². The van der Waals surface area contributed by atoms with Crippen LogP contribution in [0.4, 0.5) is 10.7 Å². The second kappa shape index (κ2) is 4.80. The van der Waals surface area contributed by atoms with Gasteiger partial charge in [0.2, 0.25) is 0 Å². The molecule has 1 amide bonds. The number of amides is 1. The lowest BCUT2D eigenvalue weighted by atomic mass is 9.99. The Morgan fingerprint density at radius 3 is 2.78 bits per heavy atom. The molecule has 0 bridgehead atoms. The molecule has 1 fully saturated rings. The summed E-state index contributed by atoms with van der Waals surface area (Å²) in [5.74, 6) is 0.644. The SMILES string of the molecule is CCNC(=O)c1sc(NC(C)(C)C2CC2)cc1N. The van der Waals surface area contributed by atoms with Crippen molar-refractivity contribution in [1.82, 2.24) is 5.32 Å². The molecule has 1 aliphatic carbocycles. The van der Waals surface area contributed by atoms with Crippen LogP contribution in [-0.2, 0) is 0 Å². The van der Waals surface area contributed by atoms with Gasteiger partial charge in [0.15, 0.2) is 0 Å². The van der Waals surface area contributed by atoms with Gasteiger partial charge in [-0.2, -0.15) is 0 Å². The fraction of sp³-hybridized carbons (Fsp3) is 0.615. The number of hydrogen-bond acceptors (Lipinski definition) is 4. The summed E-state index contributed by atoms with van der Waals surface area (Å²) in [6.07, 6.45) is 2.56. The van der Waals surface area contributed by atoms with Gasteiger partial charge in [-0.05, 0) is 45.6 Å². The predicted molar refractivity (Wildman–Crippen MR) is 77.2 cm³/mol. The largest absolute Gasteiger partial charge is 0.397 e. The Morgan fingerprint density at radius 2 is 2.22 bits per heavy atom. The number of anilines is 2. The van der Waals surface area contributed by atoms with Crippen LogP contribution in [0, 0.1) is 5.92 Å². The molecule has 0 aliphatic heterocycles. The molecule has 0 spiro atoms. The van der Waals surface area contributed by atoms with Gasteiger partial charge in [0.25, 0.3) is 5.91 Å². The van der Waals surface area contributed by atoms with Crippen molar-refractivity contribution in [3.05, 3.63) is 10.9 Å². The smallest absolute Gasteiger partial charge is 0.263 e. The highest BCUT2D eigenvalue weighted by atomic mass is 32.1. The molecule has 18 heavy (non-hydrogen) atoms. The van der Waals surface area contributed by atoms with Crippen molar-refractivity contribution in [2.45, 2.75) is 39.2 Å². The van der Waals surface area contributed by atoms with Gasteiger partial charge in [-0.25, -0.2) is 0 Å². The molecule has 1 aromatic rings. The van der Waals surface area contributed by atoms with E-state index in [1.54, 1.807) is 0 Å². The van der Waals surface area contributed by atoms with Crippen LogP contribution in [0.5, 0.6) is 0 Å². The Bertz CT molecular complexity index is 449. The van der Waals surface area contributed by atoms with Gasteiger partial charge in [-0.1, -0.05) is 0 Å². The van der Waals surface area contributed by atoms with Crippen LogP contribution in [0.3, 0.4) is 0 Å². The first-order valence-electron chi connectivity index (χ1n) is 6.39. The minimum absolute atomic E-state index is 0.0792. The van der Waals surface area contributed by atoms with Crippen LogP contribution in [0.2, 0.25) is 0 Å². The van der Waals surface area contributed by atoms with E-state index >= 15 is 0 Å². The molecule has 1 aliphatic rings. The third-order valence-electron chi connectivity index (χ3n) is 3.35. The van der Waals surface area contributed by atoms with Crippen molar-refractivity contribution in [2.75, 3.05) is 17.6 Å². The summed E-state index contributed by atoms with van der Waals surface area (Å²) in [7, 11) is 0. The molecular weight excluding hydrogens is 246 g/mol. The topological polar surface area (TPSA) is 67.2 Å². The average Bonchev–Trinajstić information content (AvgIpc) is 3.05. The molecule has 0 aromatic carbocycles. The fourth-order valence-corrected chi connectivity index (χ4v) is 3.17. The summed E-state index contributed by atoms with van der Waals surface area (Å²) in [6.45, 7) is 6.92. The summed E-state index contributed by atoms with van der Waals surface area (Å²) >= 11 is 1.43. The summed E-state index contributed by atoms with van der Waals surface area (Å²) in [4.78, 5) is 12.4. The molecule has 0 radical (unpaired) electrons. The molecule has 2 rings (SSSR count). The van der Waals surface area contributed by atoms with Gasteiger partial charge in [0, 0.05) is 12.1 Å². The quantitative estimate of drug-likeness (QED) is 0.768. The summed E-state index contributed by atoms with van der Waals surface area (Å²) < 4.78 is 0. The van der Waals surface area contributed by atoms with Crippen molar-refractivity contribution in [3.63, 3.8) is 0 Å². The second-order valence-electron chi connectivity index (χ2n) is 5.38. The van der Waals surface area contributed by atoms with Gasteiger partial charge in [0.1, 0.15) is 4.88 Å². The van der Waals surface area contributed by atoms with E-state index < -0.39 is 0 Å². The maximum Gasteiger partial charge on any atom is 0.263 e. The molecule has 4 nitrogen and oxygen atoms in total. The van der Waals surface area contributed by atoms with Crippen LogP contribution in [0.1, 0.15) is 43.3 Å². The number of carbonyl (C=O) groups is 1. The molecule has 4 N–H and O–H groups in total. The van der Waals surface area contributed by atoms with E-state index in [2.05, 4.69) is 24.5 Å². The second-order valence-corrected chi connectivity index (χ2v) is 6.43. The lowest BCUT2D eigenvalue weighted by Crippen LogP contribution is -2.32. The average molecular weight is 267 g/mol. The van der Waals surface area contributed by atoms with E-state index in [-0.39, 0.29) is 11.4 Å². The summed E-state index contributed by atoms with van der Waals surface area (Å²) in [5, 5.41) is 7.25. The Labute approximate surface area is 112 Å². The van der Waals surface area contributed by atoms with Crippen LogP contribution in [0.15, 0.2) is 6.07 Å². The first kappa shape index (κ1) is 13.2. The number of nitrogens with two attached hydrogens (primary N) is 1. The maximum atomic E-state index is 11.8. The Morgan fingerprint density at radius 1 is 1.56 bits per heavy atom. The van der Waals surface area contributed by atoms with Crippen molar-refractivity contribution in [3.8, 4) is 0 Å². The molecule has 0 unspecified atom stereocenters. The predicted octanol–water partition coefficient (Wildman–Crippen LogP) is 2.68. The number of nitrogens with one attached hydrogen (secondary N) is 2. The maximum absolute atomic E-state index is 11.8. The Balaban J connectivity index is 2.10. The highest BCUT2D eigenvalue weighted by Crippen LogP contribution is 2.42. The summed E-state index contributed by atoms with van der Waals surface area (Å²) in [5.41, 5.74) is 6.53. The minimum Gasteiger partial charge on any atom is -0.397 e. The molecule has 5 heteroatoms.